The molecule has 0 aromatic carbocycles. The molecule has 0 aliphatic heterocycles. The van der Waals surface area contributed by atoms with Crippen LogP contribution < -0.4 is 0 Å². The maximum absolute atomic E-state index is 0. The van der Waals surface area contributed by atoms with E-state index in [1.807, 2.05) is 0 Å². The molecule has 0 fully saturated rings. The van der Waals surface area contributed by atoms with E-state index in [1.165, 1.54) is 0 Å². The van der Waals surface area contributed by atoms with Gasteiger partial charge in [0.2, 0.25) is 0 Å². The van der Waals surface area contributed by atoms with Crippen LogP contribution in [-0.2, 0) is 89.5 Å². The molecule has 4 heteroatoms. The van der Waals surface area contributed by atoms with Crippen LogP contribution in [-0.4, -0.2) is 0 Å². The summed E-state index contributed by atoms with van der Waals surface area (Å²) in [7, 11) is 0. The molecular weight excluding hydrogens is 699 g/mol. The summed E-state index contributed by atoms with van der Waals surface area (Å²) in [6.07, 6.45) is 0. The van der Waals surface area contributed by atoms with E-state index in [9.17, 15) is 0 Å². The molecule has 0 aromatic rings. The summed E-state index contributed by atoms with van der Waals surface area (Å²) in [4.78, 5) is 0. The molecule has 4 heavy (non-hydrogen) atoms. The van der Waals surface area contributed by atoms with Crippen LogP contribution in [0.5, 0.6) is 0 Å². The van der Waals surface area contributed by atoms with Crippen LogP contribution in [0.25, 0.3) is 0 Å². The molecule has 0 heterocycles. The van der Waals surface area contributed by atoms with Crippen LogP contribution in [0, 0.1) is 0 Å². The molecular formula is AgAu3. The van der Waals surface area contributed by atoms with Gasteiger partial charge in [0.05, 0.1) is 0 Å². The molecule has 0 unspecified atom stereocenters. The average Bonchev–Trinajstić information content (AvgIpc) is 0. The van der Waals surface area contributed by atoms with Crippen molar-refractivity contribution in [2.75, 3.05) is 0 Å². The first-order valence-electron chi connectivity index (χ1n) is 0. The second-order valence-electron chi connectivity index (χ2n) is 0. The van der Waals surface area contributed by atoms with Crippen molar-refractivity contribution >= 4 is 0 Å². The Labute approximate surface area is 87.9 Å². The van der Waals surface area contributed by atoms with Crippen molar-refractivity contribution in [3.8, 4) is 0 Å². The van der Waals surface area contributed by atoms with Gasteiger partial charge >= 0.3 is 0 Å². The normalized spacial score (nSPS) is 0. The number of rotatable bonds is 0. The molecule has 0 saturated heterocycles. The molecule has 0 amide bonds. The molecule has 0 aromatic heterocycles. The predicted octanol–water partition coefficient (Wildman–Crippen LogP) is -0.0100. The minimum absolute atomic E-state index is 0. The van der Waals surface area contributed by atoms with Gasteiger partial charge in [0.1, 0.15) is 0 Å². The van der Waals surface area contributed by atoms with E-state index in [0.29, 0.717) is 0 Å². The van der Waals surface area contributed by atoms with Gasteiger partial charge in [-0.2, -0.15) is 0 Å². The number of hydrogen-bond donors (Lipinski definition) is 0. The Morgan fingerprint density at radius 2 is 0.500 bits per heavy atom. The molecule has 0 N–H and O–H groups in total. The van der Waals surface area contributed by atoms with Gasteiger partial charge in [0.25, 0.3) is 0 Å². The Balaban J connectivity index is 0. The van der Waals surface area contributed by atoms with Crippen LogP contribution in [0.3, 0.4) is 0 Å². The van der Waals surface area contributed by atoms with Crippen molar-refractivity contribution in [2.24, 2.45) is 0 Å². The molecule has 0 atom stereocenters. The van der Waals surface area contributed by atoms with Crippen molar-refractivity contribution in [3.63, 3.8) is 0 Å². The van der Waals surface area contributed by atoms with Gasteiger partial charge in [0, 0.05) is 89.5 Å². The van der Waals surface area contributed by atoms with E-state index >= 15 is 0 Å². The second kappa shape index (κ2) is 16.7. The fourth-order valence-electron chi connectivity index (χ4n) is 0. The predicted molar refractivity (Wildman–Crippen MR) is 0 cm³/mol. The summed E-state index contributed by atoms with van der Waals surface area (Å²) < 4.78 is 0. The van der Waals surface area contributed by atoms with Crippen molar-refractivity contribution in [3.05, 3.63) is 0 Å². The van der Waals surface area contributed by atoms with Crippen LogP contribution in [0.1, 0.15) is 0 Å². The third-order valence-corrected chi connectivity index (χ3v) is 0. The Morgan fingerprint density at radius 3 is 0.500 bits per heavy atom. The maximum Gasteiger partial charge on any atom is 0 e. The van der Waals surface area contributed by atoms with Crippen LogP contribution in [0.15, 0.2) is 0 Å². The van der Waals surface area contributed by atoms with Crippen molar-refractivity contribution < 1.29 is 89.5 Å². The first-order valence-corrected chi connectivity index (χ1v) is 0. The molecule has 0 spiro atoms. The zero-order valence-corrected chi connectivity index (χ0v) is 9.19. The molecule has 0 bridgehead atoms. The quantitative estimate of drug-likeness (QED) is 0.313. The monoisotopic (exact) mass is 698 g/mol. The first kappa shape index (κ1) is 28.2. The molecule has 0 nitrogen and oxygen atoms in total. The SMILES string of the molecule is [Ag].[Au].[Au].[Au]. The summed E-state index contributed by atoms with van der Waals surface area (Å²) in [6.45, 7) is 0. The third-order valence-electron chi connectivity index (χ3n) is 0. The zero-order valence-electron chi connectivity index (χ0n) is 1.21. The standard InChI is InChI=1S/Ag.3Au. The molecule has 0 rings (SSSR count). The Bertz CT molecular complexity index is 3.25. The van der Waals surface area contributed by atoms with E-state index < -0.39 is 0 Å². The minimum atomic E-state index is 0. The van der Waals surface area contributed by atoms with Crippen molar-refractivity contribution in [2.45, 2.75) is 0 Å². The maximum atomic E-state index is 0. The number of hydrogen-bond acceptors (Lipinski definition) is 0. The summed E-state index contributed by atoms with van der Waals surface area (Å²) in [6, 6.07) is 0. The fourth-order valence-corrected chi connectivity index (χ4v) is 0. The van der Waals surface area contributed by atoms with Crippen LogP contribution >= 0.6 is 0 Å². The first-order chi connectivity index (χ1) is 0. The zero-order chi connectivity index (χ0) is 0. The largest absolute Gasteiger partial charge is 0 e. The van der Waals surface area contributed by atoms with E-state index in [-0.39, 0.29) is 89.5 Å². The molecule has 0 aliphatic rings. The summed E-state index contributed by atoms with van der Waals surface area (Å²) in [5, 5.41) is 0. The van der Waals surface area contributed by atoms with E-state index in [1.54, 1.807) is 0 Å². The molecule has 4 radical (unpaired) electrons. The third kappa shape index (κ3) is 8.88. The average molecular weight is 699 g/mol. The summed E-state index contributed by atoms with van der Waals surface area (Å²) >= 11 is 0. The van der Waals surface area contributed by atoms with Gasteiger partial charge in [-0.05, 0) is 0 Å². The Hall–Kier alpha value is 2.96. The molecule has 0 aliphatic carbocycles. The fraction of sp³-hybridized carbons (Fsp3) is 0. The van der Waals surface area contributed by atoms with Crippen LogP contribution in [0.2, 0.25) is 0 Å². The van der Waals surface area contributed by atoms with Crippen molar-refractivity contribution in [1.82, 2.24) is 0 Å². The van der Waals surface area contributed by atoms with Crippen molar-refractivity contribution in [1.29, 1.82) is 0 Å². The van der Waals surface area contributed by atoms with Gasteiger partial charge in [-0.25, -0.2) is 0 Å². The topological polar surface area (TPSA) is 0 Å². The summed E-state index contributed by atoms with van der Waals surface area (Å²) in [5.74, 6) is 0. The van der Waals surface area contributed by atoms with Gasteiger partial charge in [0.15, 0.2) is 0 Å². The van der Waals surface area contributed by atoms with E-state index in [0.717, 1.165) is 0 Å². The van der Waals surface area contributed by atoms with E-state index in [4.69, 9.17) is 0 Å². The van der Waals surface area contributed by atoms with E-state index in [2.05, 4.69) is 0 Å². The van der Waals surface area contributed by atoms with Gasteiger partial charge in [-0.15, -0.1) is 0 Å². The molecule has 44 valence electrons. The van der Waals surface area contributed by atoms with Gasteiger partial charge in [-0.3, -0.25) is 0 Å². The van der Waals surface area contributed by atoms with Crippen LogP contribution in [0.4, 0.5) is 0 Å². The smallest absolute Gasteiger partial charge is 0 e. The summed E-state index contributed by atoms with van der Waals surface area (Å²) in [5.41, 5.74) is 0. The second-order valence-corrected chi connectivity index (χ2v) is 0. The Kier molecular flexibility index (Phi) is 118. The Morgan fingerprint density at radius 1 is 0.500 bits per heavy atom. The van der Waals surface area contributed by atoms with Gasteiger partial charge < -0.3 is 0 Å². The minimum Gasteiger partial charge on any atom is 0 e. The van der Waals surface area contributed by atoms with Gasteiger partial charge in [-0.1, -0.05) is 0 Å². The molecule has 0 saturated carbocycles.